The van der Waals surface area contributed by atoms with E-state index in [9.17, 15) is 14.7 Å². The Morgan fingerprint density at radius 3 is 2.45 bits per heavy atom. The number of nitrogens with zero attached hydrogens (tertiary/aromatic N) is 1. The van der Waals surface area contributed by atoms with Crippen LogP contribution in [-0.4, -0.2) is 36.6 Å². The molecule has 0 unspecified atom stereocenters. The molecule has 1 amide bonds. The largest absolute Gasteiger partial charge is 0.375 e. The number of ketones is 1. The van der Waals surface area contributed by atoms with Gasteiger partial charge in [-0.05, 0) is 42.2 Å². The summed E-state index contributed by atoms with van der Waals surface area (Å²) in [5.74, 6) is -0.621. The number of rotatable bonds is 5. The lowest BCUT2D eigenvalue weighted by molar-refractivity contribution is -0.903. The molecule has 31 heavy (non-hydrogen) atoms. The number of Topliss-reactive ketones (excluding diaryl/α,β-unsaturated/α-hetero) is 1. The van der Waals surface area contributed by atoms with Crippen LogP contribution in [0.5, 0.6) is 0 Å². The highest BCUT2D eigenvalue weighted by Crippen LogP contribution is 2.42. The SMILES string of the molecule is O=C(C[C@@]1(O)C(=O)N(C[NH+]2CCCCC2)c2ccccc21)c1ccc2ccccc2c1. The molecular formula is C26H27N2O3+. The van der Waals surface area contributed by atoms with Crippen molar-refractivity contribution in [1.29, 1.82) is 0 Å². The maximum absolute atomic E-state index is 13.4. The molecule has 0 aliphatic carbocycles. The van der Waals surface area contributed by atoms with Gasteiger partial charge < -0.3 is 10.0 Å². The molecule has 2 heterocycles. The highest BCUT2D eigenvalue weighted by Gasteiger charge is 2.51. The fourth-order valence-electron chi connectivity index (χ4n) is 4.97. The number of para-hydroxylation sites is 1. The number of carbonyl (C=O) groups excluding carboxylic acids is 2. The van der Waals surface area contributed by atoms with Gasteiger partial charge >= 0.3 is 0 Å². The number of quaternary nitrogens is 1. The molecule has 158 valence electrons. The molecule has 5 rings (SSSR count). The molecule has 2 aliphatic rings. The van der Waals surface area contributed by atoms with Gasteiger partial charge in [-0.2, -0.15) is 0 Å². The Morgan fingerprint density at radius 2 is 1.65 bits per heavy atom. The fraction of sp³-hybridized carbons (Fsp3) is 0.308. The van der Waals surface area contributed by atoms with Crippen LogP contribution in [0.4, 0.5) is 5.69 Å². The van der Waals surface area contributed by atoms with E-state index in [0.717, 1.165) is 42.4 Å². The van der Waals surface area contributed by atoms with Gasteiger partial charge in [0.05, 0.1) is 25.2 Å². The fourth-order valence-corrected chi connectivity index (χ4v) is 4.97. The van der Waals surface area contributed by atoms with E-state index in [1.54, 1.807) is 17.0 Å². The third-order valence-corrected chi connectivity index (χ3v) is 6.67. The van der Waals surface area contributed by atoms with Crippen LogP contribution in [0.1, 0.15) is 41.6 Å². The first-order valence-corrected chi connectivity index (χ1v) is 11.1. The van der Waals surface area contributed by atoms with Crippen molar-refractivity contribution in [2.75, 3.05) is 24.7 Å². The Labute approximate surface area is 181 Å². The van der Waals surface area contributed by atoms with Crippen molar-refractivity contribution in [3.05, 3.63) is 77.9 Å². The van der Waals surface area contributed by atoms with Crippen LogP contribution in [0.3, 0.4) is 0 Å². The number of anilines is 1. The van der Waals surface area contributed by atoms with Gasteiger partial charge in [-0.15, -0.1) is 0 Å². The van der Waals surface area contributed by atoms with Crippen molar-refractivity contribution in [2.45, 2.75) is 31.3 Å². The number of hydrogen-bond donors (Lipinski definition) is 2. The molecule has 0 spiro atoms. The normalized spacial score (nSPS) is 21.5. The van der Waals surface area contributed by atoms with Gasteiger partial charge in [0.1, 0.15) is 0 Å². The van der Waals surface area contributed by atoms with E-state index in [0.29, 0.717) is 17.8 Å². The average Bonchev–Trinajstić information content (AvgIpc) is 3.01. The predicted octanol–water partition coefficient (Wildman–Crippen LogP) is 2.67. The van der Waals surface area contributed by atoms with E-state index in [4.69, 9.17) is 0 Å². The Hall–Kier alpha value is -3.02. The van der Waals surface area contributed by atoms with Crippen molar-refractivity contribution >= 4 is 28.2 Å². The molecular weight excluding hydrogens is 388 g/mol. The minimum Gasteiger partial charge on any atom is -0.375 e. The molecule has 0 radical (unpaired) electrons. The lowest BCUT2D eigenvalue weighted by Gasteiger charge is -2.29. The van der Waals surface area contributed by atoms with Crippen molar-refractivity contribution in [3.8, 4) is 0 Å². The standard InChI is InChI=1S/C26H26N2O3/c29-24(21-13-12-19-8-2-3-9-20(19)16-21)17-26(31)22-10-4-5-11-23(22)28(25(26)30)18-27-14-6-1-7-15-27/h2-5,8-13,16,31H,1,6-7,14-15,17-18H2/p+1/t26-/m0/s1. The summed E-state index contributed by atoms with van der Waals surface area (Å²) in [7, 11) is 0. The van der Waals surface area contributed by atoms with Gasteiger partial charge in [-0.1, -0.05) is 54.6 Å². The first-order chi connectivity index (χ1) is 15.1. The number of likely N-dealkylation sites (tertiary alicyclic amines) is 1. The Kier molecular flexibility index (Phi) is 5.08. The zero-order valence-corrected chi connectivity index (χ0v) is 17.5. The van der Waals surface area contributed by atoms with Gasteiger partial charge in [0.25, 0.3) is 5.91 Å². The minimum atomic E-state index is -1.82. The van der Waals surface area contributed by atoms with Crippen LogP contribution in [0.2, 0.25) is 0 Å². The molecule has 0 saturated carbocycles. The zero-order chi connectivity index (χ0) is 21.4. The number of amides is 1. The number of fused-ring (bicyclic) bond motifs is 2. The first kappa shape index (κ1) is 19.9. The smallest absolute Gasteiger partial charge is 0.268 e. The maximum Gasteiger partial charge on any atom is 0.268 e. The van der Waals surface area contributed by atoms with Gasteiger partial charge in [-0.3, -0.25) is 14.5 Å². The highest BCUT2D eigenvalue weighted by atomic mass is 16.3. The molecule has 0 bridgehead atoms. The lowest BCUT2D eigenvalue weighted by atomic mass is 9.88. The topological polar surface area (TPSA) is 62.0 Å². The van der Waals surface area contributed by atoms with Gasteiger partial charge in [-0.25, -0.2) is 0 Å². The van der Waals surface area contributed by atoms with Crippen LogP contribution >= 0.6 is 0 Å². The molecule has 3 aromatic rings. The average molecular weight is 416 g/mol. The molecule has 1 saturated heterocycles. The number of benzene rings is 3. The van der Waals surface area contributed by atoms with E-state index < -0.39 is 5.60 Å². The van der Waals surface area contributed by atoms with E-state index >= 15 is 0 Å². The highest BCUT2D eigenvalue weighted by molar-refractivity contribution is 6.11. The summed E-state index contributed by atoms with van der Waals surface area (Å²) in [6.07, 6.45) is 3.29. The quantitative estimate of drug-likeness (QED) is 0.630. The van der Waals surface area contributed by atoms with Crippen LogP contribution in [0, 0.1) is 0 Å². The van der Waals surface area contributed by atoms with E-state index in [1.807, 2.05) is 54.6 Å². The van der Waals surface area contributed by atoms with E-state index in [2.05, 4.69) is 0 Å². The third-order valence-electron chi connectivity index (χ3n) is 6.67. The Morgan fingerprint density at radius 1 is 0.935 bits per heavy atom. The third kappa shape index (κ3) is 3.54. The van der Waals surface area contributed by atoms with Gasteiger partial charge in [0, 0.05) is 11.1 Å². The second-order valence-corrected chi connectivity index (χ2v) is 8.74. The van der Waals surface area contributed by atoms with Crippen LogP contribution in [-0.2, 0) is 10.4 Å². The number of nitrogens with one attached hydrogen (secondary N) is 1. The van der Waals surface area contributed by atoms with Crippen molar-refractivity contribution < 1.29 is 19.6 Å². The molecule has 1 fully saturated rings. The van der Waals surface area contributed by atoms with Gasteiger partial charge in [0.15, 0.2) is 18.1 Å². The Balaban J connectivity index is 1.44. The van der Waals surface area contributed by atoms with E-state index in [-0.39, 0.29) is 18.1 Å². The van der Waals surface area contributed by atoms with Crippen molar-refractivity contribution in [3.63, 3.8) is 0 Å². The summed E-state index contributed by atoms with van der Waals surface area (Å²) < 4.78 is 0. The lowest BCUT2D eigenvalue weighted by Crippen LogP contribution is -3.14. The molecule has 0 aromatic heterocycles. The van der Waals surface area contributed by atoms with Crippen molar-refractivity contribution in [1.82, 2.24) is 0 Å². The summed E-state index contributed by atoms with van der Waals surface area (Å²) in [6, 6.07) is 20.7. The van der Waals surface area contributed by atoms with Gasteiger partial charge in [0.2, 0.25) is 0 Å². The maximum atomic E-state index is 13.4. The molecule has 3 aromatic carbocycles. The van der Waals surface area contributed by atoms with E-state index in [1.165, 1.54) is 11.3 Å². The predicted molar refractivity (Wildman–Crippen MR) is 120 cm³/mol. The summed E-state index contributed by atoms with van der Waals surface area (Å²) in [5.41, 5.74) is -0.0587. The number of carbonyl (C=O) groups is 2. The summed E-state index contributed by atoms with van der Waals surface area (Å²) in [6.45, 7) is 2.59. The second kappa shape index (κ2) is 7.91. The monoisotopic (exact) mass is 415 g/mol. The molecule has 5 nitrogen and oxygen atoms in total. The number of hydrogen-bond acceptors (Lipinski definition) is 3. The van der Waals surface area contributed by atoms with Crippen LogP contribution in [0.15, 0.2) is 66.7 Å². The molecule has 5 heteroatoms. The zero-order valence-electron chi connectivity index (χ0n) is 17.5. The number of piperidine rings is 1. The molecule has 2 N–H and O–H groups in total. The van der Waals surface area contributed by atoms with Crippen LogP contribution in [0.25, 0.3) is 10.8 Å². The second-order valence-electron chi connectivity index (χ2n) is 8.74. The summed E-state index contributed by atoms with van der Waals surface area (Å²) >= 11 is 0. The summed E-state index contributed by atoms with van der Waals surface area (Å²) in [5, 5.41) is 13.6. The minimum absolute atomic E-state index is 0.233. The summed E-state index contributed by atoms with van der Waals surface area (Å²) in [4.78, 5) is 29.6. The molecule has 2 aliphatic heterocycles. The number of aliphatic hydroxyl groups is 1. The molecule has 1 atom stereocenters. The Bertz CT molecular complexity index is 1150. The van der Waals surface area contributed by atoms with Crippen molar-refractivity contribution in [2.24, 2.45) is 0 Å². The first-order valence-electron chi connectivity index (χ1n) is 11.1. The van der Waals surface area contributed by atoms with Crippen LogP contribution < -0.4 is 9.80 Å².